The van der Waals surface area contributed by atoms with Crippen molar-refractivity contribution in [2.45, 2.75) is 38.0 Å². The predicted molar refractivity (Wildman–Crippen MR) is 111 cm³/mol. The van der Waals surface area contributed by atoms with Gasteiger partial charge in [0.05, 0.1) is 6.10 Å². The summed E-state index contributed by atoms with van der Waals surface area (Å²) < 4.78 is 0. The van der Waals surface area contributed by atoms with Gasteiger partial charge in [0.1, 0.15) is 0 Å². The standard InChI is InChI=1S/C23H27N3O3/c27-21(20-13-18-5-1-2-6-19(18)14-24-20)15-25-22(28)16-7-9-17(10-8-16)23(29)26-11-3-4-12-26/h1-2,5-10,20-21,24,27H,3-4,11-15H2,(H,25,28)/t20-,21+/m0/s1. The van der Waals surface area contributed by atoms with Gasteiger partial charge in [-0.3, -0.25) is 9.59 Å². The van der Waals surface area contributed by atoms with Crippen LogP contribution < -0.4 is 10.6 Å². The number of amides is 2. The average molecular weight is 393 g/mol. The minimum absolute atomic E-state index is 0.0218. The van der Waals surface area contributed by atoms with Gasteiger partial charge in [-0.25, -0.2) is 0 Å². The van der Waals surface area contributed by atoms with Gasteiger partial charge in [0.15, 0.2) is 0 Å². The van der Waals surface area contributed by atoms with E-state index in [0.29, 0.717) is 11.1 Å². The molecule has 1 saturated heterocycles. The van der Waals surface area contributed by atoms with Gasteiger partial charge in [0.2, 0.25) is 0 Å². The van der Waals surface area contributed by atoms with Gasteiger partial charge in [0.25, 0.3) is 11.8 Å². The minimum Gasteiger partial charge on any atom is -0.390 e. The summed E-state index contributed by atoms with van der Waals surface area (Å²) in [4.78, 5) is 26.7. The van der Waals surface area contributed by atoms with Crippen molar-refractivity contribution in [3.8, 4) is 0 Å². The normalized spacial score (nSPS) is 19.5. The molecule has 0 radical (unpaired) electrons. The van der Waals surface area contributed by atoms with E-state index in [2.05, 4.69) is 22.8 Å². The van der Waals surface area contributed by atoms with Crippen LogP contribution in [0.4, 0.5) is 0 Å². The zero-order valence-electron chi connectivity index (χ0n) is 16.4. The number of aliphatic hydroxyl groups excluding tert-OH is 1. The maximum absolute atomic E-state index is 12.4. The second-order valence-corrected chi connectivity index (χ2v) is 7.81. The Kier molecular flexibility index (Phi) is 5.92. The number of aliphatic hydroxyl groups is 1. The molecule has 0 spiro atoms. The fourth-order valence-electron chi connectivity index (χ4n) is 4.06. The molecule has 0 bridgehead atoms. The van der Waals surface area contributed by atoms with Crippen LogP contribution in [0.15, 0.2) is 48.5 Å². The molecule has 2 amide bonds. The molecule has 0 unspecified atom stereocenters. The van der Waals surface area contributed by atoms with Crippen LogP contribution in [0.2, 0.25) is 0 Å². The van der Waals surface area contributed by atoms with E-state index in [4.69, 9.17) is 0 Å². The number of hydrogen-bond acceptors (Lipinski definition) is 4. The van der Waals surface area contributed by atoms with Crippen molar-refractivity contribution in [3.63, 3.8) is 0 Å². The van der Waals surface area contributed by atoms with Crippen molar-refractivity contribution in [2.75, 3.05) is 19.6 Å². The van der Waals surface area contributed by atoms with E-state index >= 15 is 0 Å². The Morgan fingerprint density at radius 1 is 1.03 bits per heavy atom. The summed E-state index contributed by atoms with van der Waals surface area (Å²) in [7, 11) is 0. The molecule has 1 fully saturated rings. The third kappa shape index (κ3) is 4.49. The molecule has 2 aromatic rings. The predicted octanol–water partition coefficient (Wildman–Crippen LogP) is 1.73. The number of likely N-dealkylation sites (tertiary alicyclic amines) is 1. The van der Waals surface area contributed by atoms with E-state index < -0.39 is 6.10 Å². The molecule has 3 N–H and O–H groups in total. The molecule has 2 aliphatic heterocycles. The highest BCUT2D eigenvalue weighted by molar-refractivity contribution is 5.97. The molecule has 0 saturated carbocycles. The van der Waals surface area contributed by atoms with Crippen molar-refractivity contribution in [3.05, 3.63) is 70.8 Å². The van der Waals surface area contributed by atoms with Crippen LogP contribution in [-0.2, 0) is 13.0 Å². The van der Waals surface area contributed by atoms with Crippen LogP contribution in [0.5, 0.6) is 0 Å². The Morgan fingerprint density at radius 3 is 2.41 bits per heavy atom. The highest BCUT2D eigenvalue weighted by Gasteiger charge is 2.25. The molecule has 6 nitrogen and oxygen atoms in total. The van der Waals surface area contributed by atoms with E-state index in [1.165, 1.54) is 11.1 Å². The summed E-state index contributed by atoms with van der Waals surface area (Å²) >= 11 is 0. The summed E-state index contributed by atoms with van der Waals surface area (Å²) in [5, 5.41) is 16.6. The average Bonchev–Trinajstić information content (AvgIpc) is 3.31. The van der Waals surface area contributed by atoms with Gasteiger partial charge in [0, 0.05) is 43.3 Å². The summed E-state index contributed by atoms with van der Waals surface area (Å²) in [5.41, 5.74) is 3.58. The summed E-state index contributed by atoms with van der Waals surface area (Å²) in [5.74, 6) is -0.228. The summed E-state index contributed by atoms with van der Waals surface area (Å²) in [6.07, 6.45) is 2.16. The Bertz CT molecular complexity index is 875. The number of carbonyl (C=O) groups is 2. The Balaban J connectivity index is 1.30. The Hall–Kier alpha value is -2.70. The molecule has 0 aliphatic carbocycles. The quantitative estimate of drug-likeness (QED) is 0.723. The molecule has 2 heterocycles. The molecule has 0 aromatic heterocycles. The zero-order chi connectivity index (χ0) is 20.2. The van der Waals surface area contributed by atoms with Crippen molar-refractivity contribution < 1.29 is 14.7 Å². The highest BCUT2D eigenvalue weighted by atomic mass is 16.3. The number of benzene rings is 2. The second kappa shape index (κ2) is 8.76. The van der Waals surface area contributed by atoms with Crippen molar-refractivity contribution in [1.82, 2.24) is 15.5 Å². The number of hydrogen-bond donors (Lipinski definition) is 3. The molecule has 2 aromatic carbocycles. The van der Waals surface area contributed by atoms with Crippen LogP contribution in [0.1, 0.15) is 44.7 Å². The lowest BCUT2D eigenvalue weighted by Gasteiger charge is -2.30. The van der Waals surface area contributed by atoms with E-state index in [-0.39, 0.29) is 24.4 Å². The number of nitrogens with zero attached hydrogens (tertiary/aromatic N) is 1. The first-order valence-electron chi connectivity index (χ1n) is 10.3. The van der Waals surface area contributed by atoms with E-state index in [1.54, 1.807) is 24.3 Å². The monoisotopic (exact) mass is 393 g/mol. The van der Waals surface area contributed by atoms with Crippen LogP contribution in [0.25, 0.3) is 0 Å². The van der Waals surface area contributed by atoms with E-state index in [0.717, 1.165) is 38.9 Å². The summed E-state index contributed by atoms with van der Waals surface area (Å²) in [6.45, 7) is 2.50. The van der Waals surface area contributed by atoms with Crippen LogP contribution >= 0.6 is 0 Å². The van der Waals surface area contributed by atoms with E-state index in [9.17, 15) is 14.7 Å². The third-order valence-electron chi connectivity index (χ3n) is 5.84. The molecule has 2 aliphatic rings. The smallest absolute Gasteiger partial charge is 0.253 e. The van der Waals surface area contributed by atoms with Gasteiger partial charge in [-0.15, -0.1) is 0 Å². The van der Waals surface area contributed by atoms with Gasteiger partial charge in [-0.1, -0.05) is 24.3 Å². The van der Waals surface area contributed by atoms with Gasteiger partial charge in [-0.05, 0) is 54.7 Å². The molecular formula is C23H27N3O3. The van der Waals surface area contributed by atoms with Crippen molar-refractivity contribution in [1.29, 1.82) is 0 Å². The minimum atomic E-state index is -0.677. The summed E-state index contributed by atoms with van der Waals surface area (Å²) in [6, 6.07) is 14.8. The topological polar surface area (TPSA) is 81.7 Å². The fraction of sp³-hybridized carbons (Fsp3) is 0.391. The lowest BCUT2D eigenvalue weighted by atomic mass is 9.93. The maximum Gasteiger partial charge on any atom is 0.253 e. The molecule has 6 heteroatoms. The molecular weight excluding hydrogens is 366 g/mol. The molecule has 152 valence electrons. The number of rotatable bonds is 5. The van der Waals surface area contributed by atoms with Crippen LogP contribution in [0, 0.1) is 0 Å². The van der Waals surface area contributed by atoms with Crippen molar-refractivity contribution >= 4 is 11.8 Å². The SMILES string of the molecule is O=C(NC[C@@H](O)[C@@H]1Cc2ccccc2CN1)c1ccc(C(=O)N2CCCC2)cc1. The largest absolute Gasteiger partial charge is 0.390 e. The molecule has 29 heavy (non-hydrogen) atoms. The first kappa shape index (κ1) is 19.6. The number of fused-ring (bicyclic) bond motifs is 1. The second-order valence-electron chi connectivity index (χ2n) is 7.81. The van der Waals surface area contributed by atoms with Crippen LogP contribution in [0.3, 0.4) is 0 Å². The Labute approximate surface area is 170 Å². The lowest BCUT2D eigenvalue weighted by molar-refractivity contribution is 0.0791. The number of carbonyl (C=O) groups excluding carboxylic acids is 2. The zero-order valence-corrected chi connectivity index (χ0v) is 16.4. The molecule has 4 rings (SSSR count). The lowest BCUT2D eigenvalue weighted by Crippen LogP contribution is -2.49. The van der Waals surface area contributed by atoms with Gasteiger partial charge < -0.3 is 20.6 Å². The van der Waals surface area contributed by atoms with Crippen LogP contribution in [-0.4, -0.2) is 53.6 Å². The van der Waals surface area contributed by atoms with Gasteiger partial charge >= 0.3 is 0 Å². The first-order chi connectivity index (χ1) is 14.1. The number of nitrogens with one attached hydrogen (secondary N) is 2. The van der Waals surface area contributed by atoms with Crippen molar-refractivity contribution in [2.24, 2.45) is 0 Å². The highest BCUT2D eigenvalue weighted by Crippen LogP contribution is 2.18. The van der Waals surface area contributed by atoms with Gasteiger partial charge in [-0.2, -0.15) is 0 Å². The first-order valence-corrected chi connectivity index (χ1v) is 10.3. The van der Waals surface area contributed by atoms with E-state index in [1.807, 2.05) is 17.0 Å². The fourth-order valence-corrected chi connectivity index (χ4v) is 4.06. The maximum atomic E-state index is 12.4. The molecule has 2 atom stereocenters. The third-order valence-corrected chi connectivity index (χ3v) is 5.84. The Morgan fingerprint density at radius 2 is 1.69 bits per heavy atom.